The van der Waals surface area contributed by atoms with Gasteiger partial charge in [0.1, 0.15) is 0 Å². The van der Waals surface area contributed by atoms with E-state index in [2.05, 4.69) is 43.4 Å². The number of ether oxygens (including phenoxy) is 1. The highest BCUT2D eigenvalue weighted by Gasteiger charge is 2.35. The van der Waals surface area contributed by atoms with Crippen molar-refractivity contribution in [1.82, 2.24) is 15.1 Å². The lowest BCUT2D eigenvalue weighted by Crippen LogP contribution is -2.50. The first-order valence-corrected chi connectivity index (χ1v) is 9.53. The molecule has 1 N–H and O–H groups in total. The number of nitrogens with zero attached hydrogens (tertiary/aromatic N) is 2. The lowest BCUT2D eigenvalue weighted by atomic mass is 9.92. The smallest absolute Gasteiger partial charge is 0.254 e. The van der Waals surface area contributed by atoms with E-state index >= 15 is 0 Å². The van der Waals surface area contributed by atoms with Gasteiger partial charge in [0.15, 0.2) is 5.11 Å². The molecule has 5 nitrogen and oxygen atoms in total. The highest BCUT2D eigenvalue weighted by molar-refractivity contribution is 7.80. The predicted octanol–water partition coefficient (Wildman–Crippen LogP) is 2.80. The standard InChI is InChI=1S/C20H27N3O2S/c1-13(2)15-5-7-16(8-6-15)18-17(14(3)22(4)20(26)21-18)19(24)23-9-11-25-12-10-23/h5-8,13,18H,9-12H2,1-4H3,(H,21,26). The minimum atomic E-state index is -0.227. The van der Waals surface area contributed by atoms with E-state index in [0.29, 0.717) is 37.3 Å². The molecule has 1 saturated heterocycles. The van der Waals surface area contributed by atoms with Gasteiger partial charge in [0.25, 0.3) is 5.91 Å². The summed E-state index contributed by atoms with van der Waals surface area (Å²) >= 11 is 5.48. The summed E-state index contributed by atoms with van der Waals surface area (Å²) in [4.78, 5) is 17.0. The third kappa shape index (κ3) is 3.62. The zero-order chi connectivity index (χ0) is 18.8. The lowest BCUT2D eigenvalue weighted by molar-refractivity contribution is -0.131. The molecule has 2 heterocycles. The fourth-order valence-corrected chi connectivity index (χ4v) is 3.63. The van der Waals surface area contributed by atoms with Crippen molar-refractivity contribution in [1.29, 1.82) is 0 Å². The summed E-state index contributed by atoms with van der Waals surface area (Å²) in [5.74, 6) is 0.535. The first-order valence-electron chi connectivity index (χ1n) is 9.12. The van der Waals surface area contributed by atoms with Gasteiger partial charge < -0.3 is 19.9 Å². The van der Waals surface area contributed by atoms with Crippen LogP contribution in [0.25, 0.3) is 0 Å². The number of carbonyl (C=O) groups excluding carboxylic acids is 1. The summed E-state index contributed by atoms with van der Waals surface area (Å²) in [6.45, 7) is 8.76. The molecule has 0 aliphatic carbocycles. The van der Waals surface area contributed by atoms with E-state index in [4.69, 9.17) is 17.0 Å². The zero-order valence-electron chi connectivity index (χ0n) is 15.9. The molecule has 2 aliphatic heterocycles. The average molecular weight is 374 g/mol. The van der Waals surface area contributed by atoms with Crippen LogP contribution in [0.1, 0.15) is 43.9 Å². The highest BCUT2D eigenvalue weighted by atomic mass is 32.1. The molecule has 1 unspecified atom stereocenters. The van der Waals surface area contributed by atoms with Crippen molar-refractivity contribution in [3.63, 3.8) is 0 Å². The Morgan fingerprint density at radius 3 is 2.42 bits per heavy atom. The molecule has 0 bridgehead atoms. The Bertz CT molecular complexity index is 721. The molecule has 0 aromatic heterocycles. The van der Waals surface area contributed by atoms with Gasteiger partial charge >= 0.3 is 0 Å². The van der Waals surface area contributed by atoms with E-state index in [0.717, 1.165) is 16.8 Å². The number of hydrogen-bond acceptors (Lipinski definition) is 3. The number of hydrogen-bond donors (Lipinski definition) is 1. The third-order valence-electron chi connectivity index (χ3n) is 5.22. The molecule has 6 heteroatoms. The van der Waals surface area contributed by atoms with Crippen molar-refractivity contribution in [2.75, 3.05) is 33.4 Å². The second-order valence-electron chi connectivity index (χ2n) is 7.17. The van der Waals surface area contributed by atoms with E-state index < -0.39 is 0 Å². The number of benzene rings is 1. The quantitative estimate of drug-likeness (QED) is 0.826. The van der Waals surface area contributed by atoms with E-state index in [9.17, 15) is 4.79 Å². The van der Waals surface area contributed by atoms with Crippen LogP contribution in [0.2, 0.25) is 0 Å². The van der Waals surface area contributed by atoms with Crippen molar-refractivity contribution >= 4 is 23.2 Å². The maximum atomic E-state index is 13.3. The Morgan fingerprint density at radius 2 is 1.85 bits per heavy atom. The zero-order valence-corrected chi connectivity index (χ0v) is 16.7. The van der Waals surface area contributed by atoms with E-state index in [1.807, 2.05) is 23.8 Å². The van der Waals surface area contributed by atoms with Crippen LogP contribution in [0.5, 0.6) is 0 Å². The number of amides is 1. The van der Waals surface area contributed by atoms with Crippen LogP contribution in [0.4, 0.5) is 0 Å². The second-order valence-corrected chi connectivity index (χ2v) is 7.55. The molecule has 1 atom stereocenters. The fourth-order valence-electron chi connectivity index (χ4n) is 3.37. The molecule has 1 amide bonds. The van der Waals surface area contributed by atoms with E-state index in [-0.39, 0.29) is 11.9 Å². The Kier molecular flexibility index (Phi) is 5.63. The van der Waals surface area contributed by atoms with Gasteiger partial charge in [-0.2, -0.15) is 0 Å². The fraction of sp³-hybridized carbons (Fsp3) is 0.500. The predicted molar refractivity (Wildman–Crippen MR) is 107 cm³/mol. The van der Waals surface area contributed by atoms with Gasteiger partial charge in [-0.1, -0.05) is 38.1 Å². The molecule has 1 aromatic rings. The molecule has 140 valence electrons. The molecule has 1 fully saturated rings. The SMILES string of the molecule is CC1=C(C(=O)N2CCOCC2)C(c2ccc(C(C)C)cc2)NC(=S)N1C. The van der Waals surface area contributed by atoms with Gasteiger partial charge in [-0.05, 0) is 36.2 Å². The number of carbonyl (C=O) groups is 1. The normalized spacial score (nSPS) is 21.3. The van der Waals surface area contributed by atoms with Gasteiger partial charge in [0.05, 0.1) is 24.8 Å². The lowest BCUT2D eigenvalue weighted by Gasteiger charge is -2.38. The maximum Gasteiger partial charge on any atom is 0.254 e. The maximum absolute atomic E-state index is 13.3. The summed E-state index contributed by atoms with van der Waals surface area (Å²) in [6, 6.07) is 8.24. The summed E-state index contributed by atoms with van der Waals surface area (Å²) in [7, 11) is 1.90. The molecule has 0 saturated carbocycles. The second kappa shape index (κ2) is 7.76. The number of allylic oxidation sites excluding steroid dienone is 1. The molecule has 2 aliphatic rings. The number of morpholine rings is 1. The largest absolute Gasteiger partial charge is 0.378 e. The van der Waals surface area contributed by atoms with Crippen LogP contribution >= 0.6 is 12.2 Å². The van der Waals surface area contributed by atoms with Crippen molar-refractivity contribution in [3.05, 3.63) is 46.7 Å². The Hall–Kier alpha value is -1.92. The van der Waals surface area contributed by atoms with E-state index in [1.165, 1.54) is 5.56 Å². The summed E-state index contributed by atoms with van der Waals surface area (Å²) in [6.07, 6.45) is 0. The average Bonchev–Trinajstić information content (AvgIpc) is 2.66. The van der Waals surface area contributed by atoms with Crippen molar-refractivity contribution in [2.45, 2.75) is 32.7 Å². The van der Waals surface area contributed by atoms with Gasteiger partial charge in [-0.25, -0.2) is 0 Å². The van der Waals surface area contributed by atoms with Gasteiger partial charge in [-0.15, -0.1) is 0 Å². The molecular weight excluding hydrogens is 346 g/mol. The molecule has 3 rings (SSSR count). The van der Waals surface area contributed by atoms with Crippen LogP contribution in [-0.2, 0) is 9.53 Å². The minimum absolute atomic E-state index is 0.0607. The molecule has 0 radical (unpaired) electrons. The summed E-state index contributed by atoms with van der Waals surface area (Å²) in [5.41, 5.74) is 4.01. The van der Waals surface area contributed by atoms with Crippen molar-refractivity contribution < 1.29 is 9.53 Å². The van der Waals surface area contributed by atoms with Crippen LogP contribution < -0.4 is 5.32 Å². The van der Waals surface area contributed by atoms with Crippen LogP contribution in [0.15, 0.2) is 35.5 Å². The highest BCUT2D eigenvalue weighted by Crippen LogP contribution is 2.32. The van der Waals surface area contributed by atoms with E-state index in [1.54, 1.807) is 0 Å². The van der Waals surface area contributed by atoms with Crippen LogP contribution in [0, 0.1) is 0 Å². The first-order chi connectivity index (χ1) is 12.4. The molecular formula is C20H27N3O2S. The van der Waals surface area contributed by atoms with Gasteiger partial charge in [-0.3, -0.25) is 4.79 Å². The Labute approximate surface area is 161 Å². The third-order valence-corrected chi connectivity index (χ3v) is 5.61. The van der Waals surface area contributed by atoms with Crippen LogP contribution in [-0.4, -0.2) is 54.2 Å². The number of rotatable bonds is 3. The molecule has 26 heavy (non-hydrogen) atoms. The Balaban J connectivity index is 1.97. The minimum Gasteiger partial charge on any atom is -0.378 e. The number of nitrogens with one attached hydrogen (secondary N) is 1. The van der Waals surface area contributed by atoms with Crippen molar-refractivity contribution in [2.24, 2.45) is 0 Å². The molecule has 0 spiro atoms. The van der Waals surface area contributed by atoms with Crippen LogP contribution in [0.3, 0.4) is 0 Å². The Morgan fingerprint density at radius 1 is 1.23 bits per heavy atom. The summed E-state index contributed by atoms with van der Waals surface area (Å²) < 4.78 is 5.39. The van der Waals surface area contributed by atoms with Crippen molar-refractivity contribution in [3.8, 4) is 0 Å². The monoisotopic (exact) mass is 373 g/mol. The number of thiocarbonyl (C=S) groups is 1. The topological polar surface area (TPSA) is 44.8 Å². The van der Waals surface area contributed by atoms with Gasteiger partial charge in [0, 0.05) is 25.8 Å². The molecule has 1 aromatic carbocycles. The summed E-state index contributed by atoms with van der Waals surface area (Å²) in [5, 5.41) is 3.99. The first kappa shape index (κ1) is 18.9. The van der Waals surface area contributed by atoms with Gasteiger partial charge in [0.2, 0.25) is 0 Å².